The topological polar surface area (TPSA) is 142 Å². The van der Waals surface area contributed by atoms with Gasteiger partial charge in [0.05, 0.1) is 11.1 Å². The smallest absolute Gasteiger partial charge is 0.364 e. The maximum absolute atomic E-state index is 14.2. The number of aliphatic carboxylic acids is 1. The van der Waals surface area contributed by atoms with E-state index < -0.39 is 42.4 Å². The van der Waals surface area contributed by atoms with E-state index in [2.05, 4.69) is 10.6 Å². The molecule has 2 rings (SSSR count). The van der Waals surface area contributed by atoms with E-state index >= 15 is 0 Å². The summed E-state index contributed by atoms with van der Waals surface area (Å²) in [6, 6.07) is 11.4. The third-order valence-electron chi connectivity index (χ3n) is 4.38. The Kier molecular flexibility index (Phi) is 8.49. The van der Waals surface area contributed by atoms with Gasteiger partial charge in [-0.05, 0) is 57.2 Å². The minimum Gasteiger partial charge on any atom is -0.489 e. The summed E-state index contributed by atoms with van der Waals surface area (Å²) in [6.45, 7) is 4.48. The average Bonchev–Trinajstić information content (AvgIpc) is 2.77. The van der Waals surface area contributed by atoms with Gasteiger partial charge < -0.3 is 25.6 Å². The molecular formula is C24H25FN2O7. The molecule has 0 saturated heterocycles. The van der Waals surface area contributed by atoms with Crippen LogP contribution in [0.3, 0.4) is 0 Å². The number of hydrogen-bond acceptors (Lipinski definition) is 5. The van der Waals surface area contributed by atoms with Gasteiger partial charge in [0.15, 0.2) is 0 Å². The van der Waals surface area contributed by atoms with Gasteiger partial charge in [-0.25, -0.2) is 9.59 Å². The molecule has 180 valence electrons. The molecule has 0 radical (unpaired) electrons. The van der Waals surface area contributed by atoms with Gasteiger partial charge in [0, 0.05) is 23.2 Å². The molecule has 0 atom stereocenters. The van der Waals surface area contributed by atoms with E-state index in [-0.39, 0.29) is 28.4 Å². The maximum atomic E-state index is 14.2. The number of halogens is 1. The number of carbonyl (C=O) groups is 4. The van der Waals surface area contributed by atoms with Crippen LogP contribution in [-0.2, 0) is 4.79 Å². The van der Waals surface area contributed by atoms with Crippen LogP contribution in [0.2, 0.25) is 0 Å². The highest BCUT2D eigenvalue weighted by atomic mass is 19.1. The Hall–Kier alpha value is -4.21. The highest BCUT2D eigenvalue weighted by molar-refractivity contribution is 6.04. The van der Waals surface area contributed by atoms with Crippen LogP contribution >= 0.6 is 0 Å². The normalized spacial score (nSPS) is 11.8. The average molecular weight is 472 g/mol. The minimum absolute atomic E-state index is 0.157. The zero-order valence-electron chi connectivity index (χ0n) is 18.8. The van der Waals surface area contributed by atoms with Crippen molar-refractivity contribution in [3.05, 3.63) is 76.6 Å². The number of rotatable bonds is 9. The molecule has 0 spiro atoms. The molecule has 0 bridgehead atoms. The Morgan fingerprint density at radius 2 is 1.50 bits per heavy atom. The molecule has 2 amide bonds. The number of hydrogen-bond donors (Lipinski definition) is 4. The molecular weight excluding hydrogens is 447 g/mol. The van der Waals surface area contributed by atoms with Crippen molar-refractivity contribution in [1.82, 2.24) is 10.6 Å². The van der Waals surface area contributed by atoms with Crippen molar-refractivity contribution in [1.29, 1.82) is 0 Å². The summed E-state index contributed by atoms with van der Waals surface area (Å²) in [4.78, 5) is 47.0. The predicted octanol–water partition coefficient (Wildman–Crippen LogP) is 3.03. The summed E-state index contributed by atoms with van der Waals surface area (Å²) >= 11 is 0. The molecule has 0 aromatic heterocycles. The van der Waals surface area contributed by atoms with E-state index in [1.54, 1.807) is 0 Å². The van der Waals surface area contributed by atoms with Crippen LogP contribution in [0, 0.1) is 0 Å². The molecule has 2 aromatic carbocycles. The van der Waals surface area contributed by atoms with E-state index in [0.717, 1.165) is 0 Å². The van der Waals surface area contributed by atoms with Crippen molar-refractivity contribution >= 4 is 23.8 Å². The Morgan fingerprint density at radius 3 is 2.03 bits per heavy atom. The highest BCUT2D eigenvalue weighted by Gasteiger charge is 2.20. The molecule has 0 unspecified atom stereocenters. The molecule has 0 heterocycles. The van der Waals surface area contributed by atoms with E-state index in [1.165, 1.54) is 48.5 Å². The van der Waals surface area contributed by atoms with E-state index in [4.69, 9.17) is 9.84 Å². The van der Waals surface area contributed by atoms with E-state index in [0.29, 0.717) is 5.56 Å². The first-order chi connectivity index (χ1) is 15.9. The molecule has 2 aromatic rings. The lowest BCUT2D eigenvalue weighted by Crippen LogP contribution is -2.40. The lowest BCUT2D eigenvalue weighted by molar-refractivity contribution is -0.134. The number of nitrogens with one attached hydrogen (secondary N) is 2. The van der Waals surface area contributed by atoms with Crippen LogP contribution in [0.4, 0.5) is 4.39 Å². The zero-order chi connectivity index (χ0) is 25.5. The molecule has 0 aliphatic carbocycles. The van der Waals surface area contributed by atoms with Crippen molar-refractivity contribution in [3.63, 3.8) is 0 Å². The summed E-state index contributed by atoms with van der Waals surface area (Å²) < 4.78 is 19.6. The summed E-state index contributed by atoms with van der Waals surface area (Å²) in [5, 5.41) is 23.3. The van der Waals surface area contributed by atoms with Crippen molar-refractivity contribution < 1.29 is 38.5 Å². The second kappa shape index (κ2) is 11.1. The first-order valence-electron chi connectivity index (χ1n) is 10.2. The maximum Gasteiger partial charge on any atom is 0.364 e. The minimum atomic E-state index is -1.84. The standard InChI is InChI=1S/C24H25FN2O7/c1-24(2,3)27-20(28)14-8-10-16(11-9-14)34-13-15(19(25)23(32)33)12-26-21(29)17-6-4-5-7-18(17)22(30)31/h4-11H,12-13H2,1-3H3,(H,26,29)(H,27,28)(H,30,31)(H,32,33)/b19-15+. The molecule has 34 heavy (non-hydrogen) atoms. The number of carbonyl (C=O) groups excluding carboxylic acids is 2. The second-order valence-electron chi connectivity index (χ2n) is 8.27. The van der Waals surface area contributed by atoms with Gasteiger partial charge in [-0.1, -0.05) is 12.1 Å². The van der Waals surface area contributed by atoms with Gasteiger partial charge in [-0.3, -0.25) is 9.59 Å². The monoisotopic (exact) mass is 472 g/mol. The molecule has 0 aliphatic heterocycles. The number of ether oxygens (including phenoxy) is 1. The number of carboxylic acid groups (broad SMARTS) is 2. The van der Waals surface area contributed by atoms with Crippen LogP contribution in [-0.4, -0.2) is 52.7 Å². The third-order valence-corrected chi connectivity index (χ3v) is 4.38. The Labute approximate surface area is 195 Å². The molecule has 0 saturated carbocycles. The third kappa shape index (κ3) is 7.44. The fourth-order valence-corrected chi connectivity index (χ4v) is 2.78. The van der Waals surface area contributed by atoms with Gasteiger partial charge in [-0.2, -0.15) is 4.39 Å². The summed E-state index contributed by atoms with van der Waals surface area (Å²) in [7, 11) is 0. The number of carboxylic acids is 2. The highest BCUT2D eigenvalue weighted by Crippen LogP contribution is 2.16. The van der Waals surface area contributed by atoms with Crippen LogP contribution in [0.15, 0.2) is 59.9 Å². The van der Waals surface area contributed by atoms with E-state index in [9.17, 15) is 28.7 Å². The van der Waals surface area contributed by atoms with Crippen LogP contribution in [0.25, 0.3) is 0 Å². The fraction of sp³-hybridized carbons (Fsp3) is 0.250. The first kappa shape index (κ1) is 26.0. The fourth-order valence-electron chi connectivity index (χ4n) is 2.78. The zero-order valence-corrected chi connectivity index (χ0v) is 18.8. The SMILES string of the molecule is CC(C)(C)NC(=O)c1ccc(OC/C(CNC(=O)c2ccccc2C(=O)O)=C(/F)C(=O)O)cc1. The van der Waals surface area contributed by atoms with Gasteiger partial charge in [0.1, 0.15) is 12.4 Å². The Morgan fingerprint density at radius 1 is 0.912 bits per heavy atom. The lowest BCUT2D eigenvalue weighted by Gasteiger charge is -2.20. The Bertz CT molecular complexity index is 1120. The lowest BCUT2D eigenvalue weighted by atomic mass is 10.1. The molecule has 9 nitrogen and oxygen atoms in total. The van der Waals surface area contributed by atoms with Gasteiger partial charge in [0.25, 0.3) is 11.8 Å². The first-order valence-corrected chi connectivity index (χ1v) is 10.2. The summed E-state index contributed by atoms with van der Waals surface area (Å²) in [5.74, 6) is -5.53. The van der Waals surface area contributed by atoms with Gasteiger partial charge in [-0.15, -0.1) is 0 Å². The number of aromatic carboxylic acids is 1. The summed E-state index contributed by atoms with van der Waals surface area (Å²) in [5.41, 5.74) is -0.830. The van der Waals surface area contributed by atoms with E-state index in [1.807, 2.05) is 20.8 Å². The Balaban J connectivity index is 2.09. The van der Waals surface area contributed by atoms with Crippen molar-refractivity contribution in [2.45, 2.75) is 26.3 Å². The van der Waals surface area contributed by atoms with Crippen molar-refractivity contribution in [3.8, 4) is 5.75 Å². The summed E-state index contributed by atoms with van der Waals surface area (Å²) in [6.07, 6.45) is 0. The molecule has 0 fully saturated rings. The van der Waals surface area contributed by atoms with Crippen LogP contribution < -0.4 is 15.4 Å². The molecule has 4 N–H and O–H groups in total. The predicted molar refractivity (Wildman–Crippen MR) is 121 cm³/mol. The van der Waals surface area contributed by atoms with Gasteiger partial charge in [0.2, 0.25) is 5.83 Å². The number of benzene rings is 2. The van der Waals surface area contributed by atoms with Gasteiger partial charge >= 0.3 is 11.9 Å². The van der Waals surface area contributed by atoms with Crippen molar-refractivity contribution in [2.24, 2.45) is 0 Å². The quantitative estimate of drug-likeness (QED) is 0.411. The van der Waals surface area contributed by atoms with Crippen LogP contribution in [0.5, 0.6) is 5.75 Å². The second-order valence-corrected chi connectivity index (χ2v) is 8.27. The number of amides is 2. The van der Waals surface area contributed by atoms with Crippen LogP contribution in [0.1, 0.15) is 51.8 Å². The van der Waals surface area contributed by atoms with Crippen molar-refractivity contribution in [2.75, 3.05) is 13.2 Å². The molecule has 10 heteroatoms. The largest absolute Gasteiger partial charge is 0.489 e. The molecule has 0 aliphatic rings.